The van der Waals surface area contributed by atoms with Gasteiger partial charge in [0.05, 0.1) is 25.9 Å². The van der Waals surface area contributed by atoms with Crippen LogP contribution in [0.5, 0.6) is 0 Å². The second-order valence-electron chi connectivity index (χ2n) is 6.76. The monoisotopic (exact) mass is 512 g/mol. The molecule has 0 aliphatic carbocycles. The summed E-state index contributed by atoms with van der Waals surface area (Å²) < 4.78 is 7.64. The van der Waals surface area contributed by atoms with E-state index in [1.807, 2.05) is 43.7 Å². The van der Waals surface area contributed by atoms with E-state index in [0.29, 0.717) is 19.1 Å². The maximum Gasteiger partial charge on any atom is 0.243 e. The molecule has 1 aliphatic heterocycles. The molecule has 2 heterocycles. The fraction of sp³-hybridized carbons (Fsp3) is 0.450. The molecule has 1 aliphatic rings. The highest BCUT2D eigenvalue weighted by Gasteiger charge is 2.25. The van der Waals surface area contributed by atoms with E-state index in [4.69, 9.17) is 4.74 Å². The van der Waals surface area contributed by atoms with Gasteiger partial charge in [-0.25, -0.2) is 0 Å². The molecule has 0 radical (unpaired) electrons. The van der Waals surface area contributed by atoms with E-state index in [2.05, 4.69) is 32.5 Å². The maximum atomic E-state index is 12.3. The molecule has 29 heavy (non-hydrogen) atoms. The van der Waals surface area contributed by atoms with Gasteiger partial charge in [-0.15, -0.1) is 24.0 Å². The van der Waals surface area contributed by atoms with Crippen LogP contribution in [0, 0.1) is 0 Å². The van der Waals surface area contributed by atoms with Crippen LogP contribution in [0.25, 0.3) is 0 Å². The van der Waals surface area contributed by atoms with E-state index >= 15 is 0 Å². The van der Waals surface area contributed by atoms with Crippen LogP contribution in [0.1, 0.15) is 24.2 Å². The van der Waals surface area contributed by atoms with Crippen LogP contribution in [0.2, 0.25) is 0 Å². The van der Waals surface area contributed by atoms with E-state index in [0.717, 1.165) is 24.2 Å². The fourth-order valence-corrected chi connectivity index (χ4v) is 3.22. The van der Waals surface area contributed by atoms with Crippen LogP contribution in [0.3, 0.4) is 0 Å². The molecule has 1 fully saturated rings. The number of halogens is 1. The van der Waals surface area contributed by atoms with Crippen molar-refractivity contribution in [3.8, 4) is 0 Å². The van der Waals surface area contributed by atoms with Crippen LogP contribution < -0.4 is 10.6 Å². The molecule has 0 bridgehead atoms. The van der Waals surface area contributed by atoms with Gasteiger partial charge in [-0.05, 0) is 24.1 Å². The third kappa shape index (κ3) is 6.43. The summed E-state index contributed by atoms with van der Waals surface area (Å²) in [6.45, 7) is 4.21. The number of nitrogens with one attached hydrogen (secondary N) is 2. The van der Waals surface area contributed by atoms with Crippen molar-refractivity contribution in [2.45, 2.75) is 19.4 Å². The summed E-state index contributed by atoms with van der Waals surface area (Å²) in [7, 11) is 3.61. The Morgan fingerprint density at radius 1 is 1.41 bits per heavy atom. The summed E-state index contributed by atoms with van der Waals surface area (Å²) in [5.74, 6) is 0.584. The van der Waals surface area contributed by atoms with Crippen LogP contribution >= 0.6 is 24.0 Å². The highest BCUT2D eigenvalue weighted by molar-refractivity contribution is 14.0. The van der Waals surface area contributed by atoms with Gasteiger partial charge in [0.2, 0.25) is 5.91 Å². The molecule has 158 valence electrons. The molecular formula is C20H29IN6O2. The normalized spacial score (nSPS) is 16.9. The predicted molar refractivity (Wildman–Crippen MR) is 125 cm³/mol. The zero-order valence-electron chi connectivity index (χ0n) is 17.1. The number of carbonyl (C=O) groups excluding carboxylic acids is 1. The van der Waals surface area contributed by atoms with Crippen molar-refractivity contribution < 1.29 is 9.53 Å². The summed E-state index contributed by atoms with van der Waals surface area (Å²) in [5.41, 5.74) is 3.04. The second-order valence-corrected chi connectivity index (χ2v) is 6.76. The van der Waals surface area contributed by atoms with Crippen LogP contribution in [-0.4, -0.2) is 59.8 Å². The molecule has 2 aromatic rings. The Labute approximate surface area is 188 Å². The van der Waals surface area contributed by atoms with Gasteiger partial charge in [-0.1, -0.05) is 19.1 Å². The Morgan fingerprint density at radius 3 is 2.93 bits per heavy atom. The molecule has 1 aromatic heterocycles. The van der Waals surface area contributed by atoms with Crippen molar-refractivity contribution in [1.29, 1.82) is 0 Å². The summed E-state index contributed by atoms with van der Waals surface area (Å²) in [6, 6.07) is 7.89. The van der Waals surface area contributed by atoms with Gasteiger partial charge in [0, 0.05) is 38.1 Å². The number of aliphatic imine (C=N–C) groups is 1. The Kier molecular flexibility index (Phi) is 8.90. The number of anilines is 1. The number of ether oxygens (including phenoxy) is 1. The number of nitrogens with zero attached hydrogens (tertiary/aromatic N) is 4. The maximum absolute atomic E-state index is 12.3. The molecular weight excluding hydrogens is 483 g/mol. The lowest BCUT2D eigenvalue weighted by Crippen LogP contribution is -2.49. The average Bonchev–Trinajstić information content (AvgIpc) is 3.15. The van der Waals surface area contributed by atoms with Gasteiger partial charge in [0.25, 0.3) is 0 Å². The highest BCUT2D eigenvalue weighted by atomic mass is 127. The second kappa shape index (κ2) is 11.1. The van der Waals surface area contributed by atoms with Crippen molar-refractivity contribution in [2.24, 2.45) is 12.0 Å². The molecule has 8 nitrogen and oxygen atoms in total. The Balaban J connectivity index is 0.00000300. The van der Waals surface area contributed by atoms with Crippen molar-refractivity contribution in [1.82, 2.24) is 20.0 Å². The first-order chi connectivity index (χ1) is 13.6. The number of benzene rings is 1. The molecule has 1 unspecified atom stereocenters. The van der Waals surface area contributed by atoms with Crippen molar-refractivity contribution in [2.75, 3.05) is 38.6 Å². The third-order valence-corrected chi connectivity index (χ3v) is 4.70. The van der Waals surface area contributed by atoms with E-state index in [-0.39, 0.29) is 42.5 Å². The van der Waals surface area contributed by atoms with Crippen molar-refractivity contribution in [3.05, 3.63) is 47.8 Å². The number of amides is 1. The minimum atomic E-state index is -0.105. The number of aryl methyl sites for hydroxylation is 2. The Hall–Kier alpha value is -2.14. The molecule has 1 amide bonds. The van der Waals surface area contributed by atoms with Crippen molar-refractivity contribution >= 4 is 41.5 Å². The zero-order valence-corrected chi connectivity index (χ0v) is 19.4. The Bertz CT molecular complexity index is 838. The molecule has 0 saturated carbocycles. The molecule has 1 atom stereocenters. The smallest absolute Gasteiger partial charge is 0.243 e. The first-order valence-corrected chi connectivity index (χ1v) is 9.53. The van der Waals surface area contributed by atoms with Gasteiger partial charge < -0.3 is 20.3 Å². The van der Waals surface area contributed by atoms with Gasteiger partial charge in [0.15, 0.2) is 5.96 Å². The molecule has 0 spiro atoms. The standard InChI is InChI=1S/C20H28N6O2.HI/c1-4-15-6-5-7-17(10-15)24-19(27)12-22-20(21-2)26-8-9-28-18(14-26)16-11-23-25(3)13-16;/h5-7,10-11,13,18H,4,8-9,12,14H2,1-3H3,(H,21,22)(H,24,27);1H. The van der Waals surface area contributed by atoms with E-state index < -0.39 is 0 Å². The number of carbonyl (C=O) groups is 1. The summed E-state index contributed by atoms with van der Waals surface area (Å²) in [5, 5.41) is 10.3. The van der Waals surface area contributed by atoms with Crippen LogP contribution in [0.15, 0.2) is 41.7 Å². The van der Waals surface area contributed by atoms with Gasteiger partial charge >= 0.3 is 0 Å². The number of rotatable bonds is 5. The van der Waals surface area contributed by atoms with Crippen LogP contribution in [0.4, 0.5) is 5.69 Å². The Morgan fingerprint density at radius 2 is 2.24 bits per heavy atom. The highest BCUT2D eigenvalue weighted by Crippen LogP contribution is 2.21. The van der Waals surface area contributed by atoms with Crippen molar-refractivity contribution in [3.63, 3.8) is 0 Å². The number of hydrogen-bond donors (Lipinski definition) is 2. The van der Waals surface area contributed by atoms with E-state index in [9.17, 15) is 4.79 Å². The molecule has 1 aromatic carbocycles. The predicted octanol–water partition coefficient (Wildman–Crippen LogP) is 2.19. The summed E-state index contributed by atoms with van der Waals surface area (Å²) >= 11 is 0. The summed E-state index contributed by atoms with van der Waals surface area (Å²) in [4.78, 5) is 18.8. The lowest BCUT2D eigenvalue weighted by atomic mass is 10.1. The SMILES string of the molecule is CCc1cccc(NC(=O)CNC(=NC)N2CCOC(c3cnn(C)c3)C2)c1.I. The molecule has 9 heteroatoms. The number of guanidine groups is 1. The number of morpholine rings is 1. The number of hydrogen-bond acceptors (Lipinski definition) is 4. The largest absolute Gasteiger partial charge is 0.370 e. The first-order valence-electron chi connectivity index (χ1n) is 9.53. The number of aromatic nitrogens is 2. The lowest BCUT2D eigenvalue weighted by Gasteiger charge is -2.34. The molecule has 3 rings (SSSR count). The first kappa shape index (κ1) is 23.1. The van der Waals surface area contributed by atoms with Gasteiger partial charge in [-0.2, -0.15) is 5.10 Å². The minimum absolute atomic E-state index is 0. The summed E-state index contributed by atoms with van der Waals surface area (Å²) in [6.07, 6.45) is 4.65. The topological polar surface area (TPSA) is 83.8 Å². The van der Waals surface area contributed by atoms with Gasteiger partial charge in [0.1, 0.15) is 6.10 Å². The third-order valence-electron chi connectivity index (χ3n) is 4.70. The molecule has 1 saturated heterocycles. The minimum Gasteiger partial charge on any atom is -0.370 e. The van der Waals surface area contributed by atoms with E-state index in [1.54, 1.807) is 11.7 Å². The average molecular weight is 512 g/mol. The van der Waals surface area contributed by atoms with Crippen LogP contribution in [-0.2, 0) is 23.0 Å². The molecule has 2 N–H and O–H groups in total. The lowest BCUT2D eigenvalue weighted by molar-refractivity contribution is -0.115. The quantitative estimate of drug-likeness (QED) is 0.365. The fourth-order valence-electron chi connectivity index (χ4n) is 3.22. The zero-order chi connectivity index (χ0) is 19.9. The van der Waals surface area contributed by atoms with E-state index in [1.165, 1.54) is 5.56 Å². The van der Waals surface area contributed by atoms with Gasteiger partial charge in [-0.3, -0.25) is 14.5 Å².